The van der Waals surface area contributed by atoms with Gasteiger partial charge in [-0.25, -0.2) is 0 Å². The molecule has 1 aliphatic rings. The monoisotopic (exact) mass is 429 g/mol. The summed E-state index contributed by atoms with van der Waals surface area (Å²) in [6, 6.07) is 20.7. The predicted octanol–water partition coefficient (Wildman–Crippen LogP) is 3.80. The van der Waals surface area contributed by atoms with Crippen LogP contribution < -0.4 is 10.5 Å². The number of pyridine rings is 1. The van der Waals surface area contributed by atoms with Gasteiger partial charge < -0.3 is 15.4 Å². The number of benzene rings is 2. The van der Waals surface area contributed by atoms with Crippen LogP contribution in [-0.2, 0) is 11.2 Å². The third kappa shape index (κ3) is 4.97. The highest BCUT2D eigenvalue weighted by molar-refractivity contribution is 5.94. The van der Waals surface area contributed by atoms with Gasteiger partial charge in [0.05, 0.1) is 19.2 Å². The second-order valence-electron chi connectivity index (χ2n) is 8.10. The number of nitrogens with two attached hydrogens (primary N) is 1. The number of nitrogens with zero attached hydrogens (tertiary/aromatic N) is 2. The minimum atomic E-state index is -0.457. The molecule has 32 heavy (non-hydrogen) atoms. The Labute approximate surface area is 188 Å². The van der Waals surface area contributed by atoms with Gasteiger partial charge in [-0.3, -0.25) is 14.6 Å². The number of carbonyl (C=O) groups is 2. The predicted molar refractivity (Wildman–Crippen MR) is 123 cm³/mol. The molecule has 2 amide bonds. The SMILES string of the molecule is COc1ccc(CC(=O)N2CCC[C@H](c3cccc(-c4cccc(C(N)=O)c4)n3)C2)cc1. The molecule has 1 aromatic heterocycles. The largest absolute Gasteiger partial charge is 0.497 e. The van der Waals surface area contributed by atoms with E-state index in [1.54, 1.807) is 19.2 Å². The molecule has 6 heteroatoms. The molecular weight excluding hydrogens is 402 g/mol. The van der Waals surface area contributed by atoms with Gasteiger partial charge in [-0.15, -0.1) is 0 Å². The molecule has 2 heterocycles. The van der Waals surface area contributed by atoms with Crippen molar-refractivity contribution in [2.75, 3.05) is 20.2 Å². The Morgan fingerprint density at radius 2 is 1.88 bits per heavy atom. The number of rotatable bonds is 6. The summed E-state index contributed by atoms with van der Waals surface area (Å²) in [5, 5.41) is 0. The third-order valence-electron chi connectivity index (χ3n) is 5.92. The van der Waals surface area contributed by atoms with E-state index in [1.165, 1.54) is 0 Å². The summed E-state index contributed by atoms with van der Waals surface area (Å²) in [4.78, 5) is 31.2. The maximum Gasteiger partial charge on any atom is 0.248 e. The Morgan fingerprint density at radius 1 is 1.09 bits per heavy atom. The molecule has 2 N–H and O–H groups in total. The number of aromatic nitrogens is 1. The molecule has 1 saturated heterocycles. The molecule has 0 saturated carbocycles. The van der Waals surface area contributed by atoms with E-state index >= 15 is 0 Å². The average Bonchev–Trinajstić information content (AvgIpc) is 2.84. The molecule has 0 spiro atoms. The van der Waals surface area contributed by atoms with Gasteiger partial charge in [-0.2, -0.15) is 0 Å². The number of ether oxygens (including phenoxy) is 1. The zero-order valence-corrected chi connectivity index (χ0v) is 18.2. The van der Waals surface area contributed by atoms with Gasteiger partial charge in [0.25, 0.3) is 0 Å². The lowest BCUT2D eigenvalue weighted by Gasteiger charge is -2.32. The van der Waals surface area contributed by atoms with Gasteiger partial charge in [0.15, 0.2) is 0 Å². The first-order valence-corrected chi connectivity index (χ1v) is 10.8. The molecule has 0 unspecified atom stereocenters. The van der Waals surface area contributed by atoms with Crippen molar-refractivity contribution in [3.63, 3.8) is 0 Å². The van der Waals surface area contributed by atoms with Crippen LogP contribution in [0.2, 0.25) is 0 Å². The van der Waals surface area contributed by atoms with Gasteiger partial charge in [0.2, 0.25) is 11.8 Å². The van der Waals surface area contributed by atoms with E-state index in [4.69, 9.17) is 15.5 Å². The first-order valence-electron chi connectivity index (χ1n) is 10.8. The molecule has 1 fully saturated rings. The minimum Gasteiger partial charge on any atom is -0.497 e. The fourth-order valence-corrected chi connectivity index (χ4v) is 4.15. The molecule has 1 atom stereocenters. The van der Waals surface area contributed by atoms with Gasteiger partial charge in [-0.05, 0) is 54.8 Å². The lowest BCUT2D eigenvalue weighted by Crippen LogP contribution is -2.40. The maximum atomic E-state index is 12.9. The molecular formula is C26H27N3O3. The fraction of sp³-hybridized carbons (Fsp3) is 0.269. The van der Waals surface area contributed by atoms with E-state index in [0.29, 0.717) is 18.5 Å². The highest BCUT2D eigenvalue weighted by Crippen LogP contribution is 2.28. The van der Waals surface area contributed by atoms with Crippen molar-refractivity contribution >= 4 is 11.8 Å². The van der Waals surface area contributed by atoms with Crippen LogP contribution >= 0.6 is 0 Å². The zero-order valence-electron chi connectivity index (χ0n) is 18.2. The van der Waals surface area contributed by atoms with E-state index in [0.717, 1.165) is 47.7 Å². The number of hydrogen-bond donors (Lipinski definition) is 1. The molecule has 1 aliphatic heterocycles. The molecule has 4 rings (SSSR count). The van der Waals surface area contributed by atoms with Crippen molar-refractivity contribution < 1.29 is 14.3 Å². The highest BCUT2D eigenvalue weighted by Gasteiger charge is 2.26. The Kier molecular flexibility index (Phi) is 6.50. The Bertz CT molecular complexity index is 1110. The highest BCUT2D eigenvalue weighted by atomic mass is 16.5. The maximum absolute atomic E-state index is 12.9. The van der Waals surface area contributed by atoms with Crippen molar-refractivity contribution in [1.82, 2.24) is 9.88 Å². The lowest BCUT2D eigenvalue weighted by molar-refractivity contribution is -0.131. The summed E-state index contributed by atoms with van der Waals surface area (Å²) >= 11 is 0. The number of hydrogen-bond acceptors (Lipinski definition) is 4. The summed E-state index contributed by atoms with van der Waals surface area (Å²) in [6.07, 6.45) is 2.32. The van der Waals surface area contributed by atoms with Crippen LogP contribution in [0.4, 0.5) is 0 Å². The fourth-order valence-electron chi connectivity index (χ4n) is 4.15. The van der Waals surface area contributed by atoms with Crippen molar-refractivity contribution in [2.45, 2.75) is 25.2 Å². The van der Waals surface area contributed by atoms with Crippen molar-refractivity contribution in [1.29, 1.82) is 0 Å². The first-order chi connectivity index (χ1) is 15.5. The van der Waals surface area contributed by atoms with E-state index in [9.17, 15) is 9.59 Å². The molecule has 0 radical (unpaired) electrons. The molecule has 0 bridgehead atoms. The molecule has 164 valence electrons. The van der Waals surface area contributed by atoms with E-state index in [1.807, 2.05) is 59.5 Å². The van der Waals surface area contributed by atoms with Gasteiger partial charge in [0.1, 0.15) is 5.75 Å². The minimum absolute atomic E-state index is 0.130. The van der Waals surface area contributed by atoms with Crippen molar-refractivity contribution in [3.05, 3.63) is 83.6 Å². The summed E-state index contributed by atoms with van der Waals surface area (Å²) in [6.45, 7) is 1.43. The van der Waals surface area contributed by atoms with Crippen LogP contribution in [0, 0.1) is 0 Å². The Hall–Kier alpha value is -3.67. The van der Waals surface area contributed by atoms with Crippen molar-refractivity contribution in [2.24, 2.45) is 5.73 Å². The van der Waals surface area contributed by atoms with Crippen LogP contribution in [0.5, 0.6) is 5.75 Å². The quantitative estimate of drug-likeness (QED) is 0.646. The number of likely N-dealkylation sites (tertiary alicyclic amines) is 1. The van der Waals surface area contributed by atoms with Gasteiger partial charge in [-0.1, -0.05) is 30.3 Å². The number of amides is 2. The average molecular weight is 430 g/mol. The van der Waals surface area contributed by atoms with Crippen LogP contribution in [0.25, 0.3) is 11.3 Å². The van der Waals surface area contributed by atoms with Crippen LogP contribution in [0.3, 0.4) is 0 Å². The van der Waals surface area contributed by atoms with Crippen LogP contribution in [0.1, 0.15) is 40.4 Å². The number of piperidine rings is 1. The lowest BCUT2D eigenvalue weighted by atomic mass is 9.93. The Morgan fingerprint density at radius 3 is 2.62 bits per heavy atom. The molecule has 6 nitrogen and oxygen atoms in total. The second-order valence-corrected chi connectivity index (χ2v) is 8.10. The van der Waals surface area contributed by atoms with E-state index in [-0.39, 0.29) is 11.8 Å². The zero-order chi connectivity index (χ0) is 22.5. The van der Waals surface area contributed by atoms with Crippen LogP contribution in [-0.4, -0.2) is 41.9 Å². The van der Waals surface area contributed by atoms with E-state index < -0.39 is 5.91 Å². The Balaban J connectivity index is 1.47. The van der Waals surface area contributed by atoms with Gasteiger partial charge >= 0.3 is 0 Å². The first kappa shape index (κ1) is 21.6. The topological polar surface area (TPSA) is 85.5 Å². The summed E-state index contributed by atoms with van der Waals surface area (Å²) in [5.74, 6) is 0.640. The summed E-state index contributed by atoms with van der Waals surface area (Å²) in [7, 11) is 1.63. The number of primary amides is 1. The number of methoxy groups -OCH3 is 1. The van der Waals surface area contributed by atoms with Gasteiger partial charge in [0, 0.05) is 35.8 Å². The smallest absolute Gasteiger partial charge is 0.248 e. The molecule has 0 aliphatic carbocycles. The number of carbonyl (C=O) groups excluding carboxylic acids is 2. The summed E-state index contributed by atoms with van der Waals surface area (Å²) < 4.78 is 5.19. The summed E-state index contributed by atoms with van der Waals surface area (Å²) in [5.41, 5.74) is 9.48. The second kappa shape index (κ2) is 9.64. The van der Waals surface area contributed by atoms with Crippen molar-refractivity contribution in [3.8, 4) is 17.0 Å². The molecule has 3 aromatic rings. The standard InChI is InChI=1S/C26H27N3O3/c1-32-22-12-10-18(11-13-22)15-25(30)29-14-4-7-21(17-29)24-9-3-8-23(28-24)19-5-2-6-20(16-19)26(27)31/h2-3,5-6,8-13,16,21H,4,7,14-15,17H2,1H3,(H2,27,31)/t21-/m0/s1. The van der Waals surface area contributed by atoms with E-state index in [2.05, 4.69) is 0 Å². The van der Waals surface area contributed by atoms with Crippen LogP contribution in [0.15, 0.2) is 66.7 Å². The molecule has 2 aromatic carbocycles. The third-order valence-corrected chi connectivity index (χ3v) is 5.92. The normalized spacial score (nSPS) is 15.9.